The van der Waals surface area contributed by atoms with Gasteiger partial charge in [-0.15, -0.1) is 11.8 Å². The number of ether oxygens (including phenoxy) is 2. The van der Waals surface area contributed by atoms with Crippen LogP contribution in [0.15, 0.2) is 30.4 Å². The highest BCUT2D eigenvalue weighted by Gasteiger charge is 2.28. The van der Waals surface area contributed by atoms with E-state index in [9.17, 15) is 8.42 Å². The van der Waals surface area contributed by atoms with E-state index in [-0.39, 0.29) is 16.9 Å². The van der Waals surface area contributed by atoms with Gasteiger partial charge in [-0.3, -0.25) is 0 Å². The molecule has 0 aliphatic carbocycles. The van der Waals surface area contributed by atoms with Gasteiger partial charge >= 0.3 is 0 Å². The third kappa shape index (κ3) is 4.43. The number of benzene rings is 1. The number of hydrogen-bond acceptors (Lipinski definition) is 5. The maximum Gasteiger partial charge on any atom is 0.161 e. The van der Waals surface area contributed by atoms with E-state index >= 15 is 0 Å². The number of sulfone groups is 1. The second-order valence-electron chi connectivity index (χ2n) is 5.27. The molecule has 0 bridgehead atoms. The molecule has 0 N–H and O–H groups in total. The van der Waals surface area contributed by atoms with Gasteiger partial charge in [-0.2, -0.15) is 0 Å². The smallest absolute Gasteiger partial charge is 0.161 e. The summed E-state index contributed by atoms with van der Waals surface area (Å²) in [5.74, 6) is 2.31. The maximum absolute atomic E-state index is 11.8. The fourth-order valence-electron chi connectivity index (χ4n) is 2.56. The SMILES string of the molecule is CCOc1cc(C(CS(C)(=O)=O)C2C=CCS2)ccc1OC. The molecule has 0 saturated heterocycles. The second-order valence-corrected chi connectivity index (χ2v) is 8.66. The number of thioether (sulfide) groups is 1. The van der Waals surface area contributed by atoms with Gasteiger partial charge in [-0.1, -0.05) is 18.2 Å². The molecular formula is C16H22O4S2. The average Bonchev–Trinajstić information content (AvgIpc) is 2.98. The first-order chi connectivity index (χ1) is 10.4. The molecule has 2 atom stereocenters. The summed E-state index contributed by atoms with van der Waals surface area (Å²) in [5, 5.41) is 0.178. The number of hydrogen-bond donors (Lipinski definition) is 0. The lowest BCUT2D eigenvalue weighted by molar-refractivity contribution is 0.310. The molecule has 0 spiro atoms. The van der Waals surface area contributed by atoms with Crippen LogP contribution in [0.25, 0.3) is 0 Å². The molecule has 1 aliphatic rings. The van der Waals surface area contributed by atoms with Crippen LogP contribution in [-0.2, 0) is 9.84 Å². The van der Waals surface area contributed by atoms with Crippen molar-refractivity contribution in [2.75, 3.05) is 31.5 Å². The summed E-state index contributed by atoms with van der Waals surface area (Å²) in [7, 11) is -1.47. The molecule has 1 aliphatic heterocycles. The molecule has 0 aromatic heterocycles. The Morgan fingerprint density at radius 2 is 2.14 bits per heavy atom. The Morgan fingerprint density at radius 1 is 1.36 bits per heavy atom. The van der Waals surface area contributed by atoms with Crippen LogP contribution in [0.4, 0.5) is 0 Å². The Labute approximate surface area is 136 Å². The van der Waals surface area contributed by atoms with Crippen LogP contribution in [-0.4, -0.2) is 45.1 Å². The monoisotopic (exact) mass is 342 g/mol. The predicted molar refractivity (Wildman–Crippen MR) is 92.0 cm³/mol. The minimum absolute atomic E-state index is 0.0798. The molecule has 2 rings (SSSR count). The fourth-order valence-corrected chi connectivity index (χ4v) is 4.89. The van der Waals surface area contributed by atoms with Crippen molar-refractivity contribution in [2.24, 2.45) is 0 Å². The molecule has 0 amide bonds. The van der Waals surface area contributed by atoms with Gasteiger partial charge in [0.15, 0.2) is 11.5 Å². The summed E-state index contributed by atoms with van der Waals surface area (Å²) in [6, 6.07) is 5.69. The van der Waals surface area contributed by atoms with Gasteiger partial charge in [0, 0.05) is 23.2 Å². The largest absolute Gasteiger partial charge is 0.493 e. The average molecular weight is 342 g/mol. The molecule has 0 saturated carbocycles. The Morgan fingerprint density at radius 3 is 2.68 bits per heavy atom. The highest BCUT2D eigenvalue weighted by molar-refractivity contribution is 8.00. The predicted octanol–water partition coefficient (Wildman–Crippen LogP) is 2.89. The van der Waals surface area contributed by atoms with E-state index in [0.29, 0.717) is 18.1 Å². The quantitative estimate of drug-likeness (QED) is 0.713. The first-order valence-corrected chi connectivity index (χ1v) is 10.3. The Balaban J connectivity index is 2.37. The summed E-state index contributed by atoms with van der Waals surface area (Å²) in [5.41, 5.74) is 0.971. The first-order valence-electron chi connectivity index (χ1n) is 7.21. The summed E-state index contributed by atoms with van der Waals surface area (Å²) in [6.45, 7) is 2.45. The Hall–Kier alpha value is -1.14. The second kappa shape index (κ2) is 7.42. The molecule has 0 fully saturated rings. The van der Waals surface area contributed by atoms with Crippen molar-refractivity contribution >= 4 is 21.6 Å². The molecule has 1 aromatic rings. The Bertz CT molecular complexity index is 638. The molecule has 0 radical (unpaired) electrons. The zero-order valence-corrected chi connectivity index (χ0v) is 14.7. The van der Waals surface area contributed by atoms with Crippen molar-refractivity contribution < 1.29 is 17.9 Å². The van der Waals surface area contributed by atoms with Crippen LogP contribution in [0, 0.1) is 0 Å². The summed E-state index contributed by atoms with van der Waals surface area (Å²) >= 11 is 1.77. The first kappa shape index (κ1) is 17.2. The van der Waals surface area contributed by atoms with Crippen LogP contribution in [0.5, 0.6) is 11.5 Å². The number of rotatable bonds is 7. The lowest BCUT2D eigenvalue weighted by atomic mass is 9.96. The maximum atomic E-state index is 11.8. The van der Waals surface area contributed by atoms with Crippen molar-refractivity contribution in [1.29, 1.82) is 0 Å². The van der Waals surface area contributed by atoms with E-state index in [1.54, 1.807) is 18.9 Å². The normalized spacial score (nSPS) is 19.1. The van der Waals surface area contributed by atoms with Gasteiger partial charge < -0.3 is 9.47 Å². The minimum Gasteiger partial charge on any atom is -0.493 e. The molecule has 1 heterocycles. The summed E-state index contributed by atoms with van der Waals surface area (Å²) in [4.78, 5) is 0. The van der Waals surface area contributed by atoms with Crippen molar-refractivity contribution in [3.05, 3.63) is 35.9 Å². The summed E-state index contributed by atoms with van der Waals surface area (Å²) in [6.07, 6.45) is 5.49. The topological polar surface area (TPSA) is 52.6 Å². The molecule has 122 valence electrons. The van der Waals surface area contributed by atoms with Crippen molar-refractivity contribution in [2.45, 2.75) is 18.1 Å². The highest BCUT2D eigenvalue weighted by Crippen LogP contribution is 2.38. The van der Waals surface area contributed by atoms with E-state index in [4.69, 9.17) is 9.47 Å². The van der Waals surface area contributed by atoms with Crippen molar-refractivity contribution in [3.63, 3.8) is 0 Å². The molecule has 1 aromatic carbocycles. The zero-order chi connectivity index (χ0) is 16.2. The molecule has 4 nitrogen and oxygen atoms in total. The van der Waals surface area contributed by atoms with E-state index in [0.717, 1.165) is 11.3 Å². The van der Waals surface area contributed by atoms with Crippen LogP contribution in [0.2, 0.25) is 0 Å². The molecule has 22 heavy (non-hydrogen) atoms. The Kier molecular flexibility index (Phi) is 5.81. The fraction of sp³-hybridized carbons (Fsp3) is 0.500. The van der Waals surface area contributed by atoms with Gasteiger partial charge in [0.25, 0.3) is 0 Å². The van der Waals surface area contributed by atoms with Crippen molar-refractivity contribution in [1.82, 2.24) is 0 Å². The highest BCUT2D eigenvalue weighted by atomic mass is 32.2. The van der Waals surface area contributed by atoms with E-state index < -0.39 is 9.84 Å². The lowest BCUT2D eigenvalue weighted by Crippen LogP contribution is -2.21. The lowest BCUT2D eigenvalue weighted by Gasteiger charge is -2.23. The van der Waals surface area contributed by atoms with Crippen LogP contribution < -0.4 is 9.47 Å². The van der Waals surface area contributed by atoms with Crippen LogP contribution in [0.3, 0.4) is 0 Å². The standard InChI is InChI=1S/C16H22O4S2/c1-4-20-15-10-12(7-8-14(15)19-2)13(11-22(3,17)18)16-6-5-9-21-16/h5-8,10,13,16H,4,9,11H2,1-3H3. The number of methoxy groups -OCH3 is 1. The van der Waals surface area contributed by atoms with Gasteiger partial charge in [0.1, 0.15) is 9.84 Å². The van der Waals surface area contributed by atoms with Crippen LogP contribution in [0.1, 0.15) is 18.4 Å². The molecule has 2 unspecified atom stereocenters. The summed E-state index contributed by atoms with van der Waals surface area (Å²) < 4.78 is 34.5. The van der Waals surface area contributed by atoms with E-state index in [1.165, 1.54) is 6.26 Å². The van der Waals surface area contributed by atoms with Crippen LogP contribution >= 0.6 is 11.8 Å². The van der Waals surface area contributed by atoms with Gasteiger partial charge in [-0.05, 0) is 24.6 Å². The molecular weight excluding hydrogens is 320 g/mol. The molecule has 6 heteroatoms. The van der Waals surface area contributed by atoms with E-state index in [2.05, 4.69) is 12.2 Å². The van der Waals surface area contributed by atoms with Crippen molar-refractivity contribution in [3.8, 4) is 11.5 Å². The zero-order valence-electron chi connectivity index (χ0n) is 13.1. The van der Waals surface area contributed by atoms with E-state index in [1.807, 2.05) is 25.1 Å². The minimum atomic E-state index is -3.07. The van der Waals surface area contributed by atoms with Gasteiger partial charge in [0.05, 0.1) is 19.5 Å². The van der Waals surface area contributed by atoms with Gasteiger partial charge in [-0.25, -0.2) is 8.42 Å². The van der Waals surface area contributed by atoms with Gasteiger partial charge in [0.2, 0.25) is 0 Å². The third-order valence-corrected chi connectivity index (χ3v) is 5.73. The third-order valence-electron chi connectivity index (χ3n) is 3.51.